The van der Waals surface area contributed by atoms with Crippen molar-refractivity contribution in [2.75, 3.05) is 18.4 Å². The summed E-state index contributed by atoms with van der Waals surface area (Å²) in [5, 5.41) is 6.18. The normalized spacial score (nSPS) is 13.6. The molecule has 0 saturated heterocycles. The van der Waals surface area contributed by atoms with Crippen LogP contribution < -0.4 is 4.72 Å². The number of aromatic nitrogens is 2. The van der Waals surface area contributed by atoms with Crippen LogP contribution in [-0.4, -0.2) is 37.6 Å². The van der Waals surface area contributed by atoms with Crippen LogP contribution in [0.5, 0.6) is 0 Å². The molecule has 0 aromatic carbocycles. The van der Waals surface area contributed by atoms with Gasteiger partial charge in [0.25, 0.3) is 0 Å². The molecule has 0 spiro atoms. The number of aryl methyl sites for hydroxylation is 2. The fourth-order valence-electron chi connectivity index (χ4n) is 1.38. The number of ether oxygens (including phenoxy) is 1. The number of nitrogens with one attached hydrogen (secondary N) is 2. The SMILES string of the molecule is COCC[C@H](C)S(=O)(=O)Nc1c(C)n[nH]c1C. The molecule has 17 heavy (non-hydrogen) atoms. The van der Waals surface area contributed by atoms with Crippen molar-refractivity contribution >= 4 is 15.7 Å². The third kappa shape index (κ3) is 3.44. The van der Waals surface area contributed by atoms with E-state index in [2.05, 4.69) is 14.9 Å². The summed E-state index contributed by atoms with van der Waals surface area (Å²) in [5.41, 5.74) is 1.89. The number of hydrogen-bond donors (Lipinski definition) is 2. The first-order chi connectivity index (χ1) is 7.88. The minimum absolute atomic E-state index is 0.422. The van der Waals surface area contributed by atoms with Gasteiger partial charge in [0, 0.05) is 13.7 Å². The summed E-state index contributed by atoms with van der Waals surface area (Å²) in [6, 6.07) is 0. The van der Waals surface area contributed by atoms with E-state index in [1.807, 2.05) is 0 Å². The fourth-order valence-corrected chi connectivity index (χ4v) is 2.58. The van der Waals surface area contributed by atoms with E-state index in [4.69, 9.17) is 4.74 Å². The molecular weight excluding hydrogens is 242 g/mol. The summed E-state index contributed by atoms with van der Waals surface area (Å²) in [6.45, 7) is 5.61. The second-order valence-electron chi connectivity index (χ2n) is 4.05. The molecule has 0 bridgehead atoms. The molecular formula is C10H19N3O3S. The van der Waals surface area contributed by atoms with Gasteiger partial charge < -0.3 is 4.74 Å². The van der Waals surface area contributed by atoms with Gasteiger partial charge in [-0.2, -0.15) is 5.10 Å². The lowest BCUT2D eigenvalue weighted by atomic mass is 10.3. The van der Waals surface area contributed by atoms with Gasteiger partial charge >= 0.3 is 0 Å². The van der Waals surface area contributed by atoms with E-state index in [0.717, 1.165) is 0 Å². The van der Waals surface area contributed by atoms with Crippen molar-refractivity contribution in [2.45, 2.75) is 32.4 Å². The number of hydrogen-bond acceptors (Lipinski definition) is 4. The van der Waals surface area contributed by atoms with Crippen molar-refractivity contribution in [2.24, 2.45) is 0 Å². The van der Waals surface area contributed by atoms with Crippen LogP contribution in [0.15, 0.2) is 0 Å². The molecule has 0 saturated carbocycles. The smallest absolute Gasteiger partial charge is 0.235 e. The molecule has 1 atom stereocenters. The summed E-state index contributed by atoms with van der Waals surface area (Å²) >= 11 is 0. The van der Waals surface area contributed by atoms with Gasteiger partial charge in [-0.05, 0) is 27.2 Å². The Morgan fingerprint density at radius 2 is 2.12 bits per heavy atom. The Balaban J connectivity index is 2.80. The van der Waals surface area contributed by atoms with Crippen LogP contribution in [0.4, 0.5) is 5.69 Å². The maximum absolute atomic E-state index is 12.0. The van der Waals surface area contributed by atoms with E-state index >= 15 is 0 Å². The van der Waals surface area contributed by atoms with Crippen molar-refractivity contribution < 1.29 is 13.2 Å². The van der Waals surface area contributed by atoms with E-state index < -0.39 is 15.3 Å². The Morgan fingerprint density at radius 1 is 1.47 bits per heavy atom. The van der Waals surface area contributed by atoms with Gasteiger partial charge in [-0.15, -0.1) is 0 Å². The topological polar surface area (TPSA) is 84.1 Å². The molecule has 1 aromatic rings. The zero-order valence-corrected chi connectivity index (χ0v) is 11.4. The van der Waals surface area contributed by atoms with Crippen LogP contribution in [0.1, 0.15) is 24.7 Å². The highest BCUT2D eigenvalue weighted by Gasteiger charge is 2.22. The molecule has 0 fully saturated rings. The molecule has 1 rings (SSSR count). The zero-order valence-electron chi connectivity index (χ0n) is 10.6. The fraction of sp³-hybridized carbons (Fsp3) is 0.700. The molecule has 0 radical (unpaired) electrons. The van der Waals surface area contributed by atoms with Gasteiger partial charge in [-0.1, -0.05) is 0 Å². The van der Waals surface area contributed by atoms with E-state index in [1.54, 1.807) is 27.9 Å². The minimum Gasteiger partial charge on any atom is -0.385 e. The van der Waals surface area contributed by atoms with E-state index in [1.165, 1.54) is 0 Å². The van der Waals surface area contributed by atoms with Crippen molar-refractivity contribution in [3.8, 4) is 0 Å². The second-order valence-corrected chi connectivity index (χ2v) is 6.15. The number of nitrogens with zero attached hydrogens (tertiary/aromatic N) is 1. The van der Waals surface area contributed by atoms with E-state index in [0.29, 0.717) is 30.1 Å². The molecule has 7 heteroatoms. The molecule has 98 valence electrons. The number of sulfonamides is 1. The first-order valence-corrected chi connectivity index (χ1v) is 6.95. The third-order valence-electron chi connectivity index (χ3n) is 2.63. The zero-order chi connectivity index (χ0) is 13.1. The molecule has 0 amide bonds. The standard InChI is InChI=1S/C10H19N3O3S/c1-7(5-6-16-4)17(14,15)13-10-8(2)11-12-9(10)3/h7,13H,5-6H2,1-4H3,(H,11,12)/t7-/m0/s1. The van der Waals surface area contributed by atoms with Crippen LogP contribution >= 0.6 is 0 Å². The van der Waals surface area contributed by atoms with Gasteiger partial charge in [0.1, 0.15) is 0 Å². The molecule has 0 aliphatic carbocycles. The Labute approximate surface area is 102 Å². The maximum atomic E-state index is 12.0. The van der Waals surface area contributed by atoms with Crippen molar-refractivity contribution in [1.82, 2.24) is 10.2 Å². The predicted octanol–water partition coefficient (Wildman–Crippen LogP) is 1.19. The average molecular weight is 261 g/mol. The van der Waals surface area contributed by atoms with E-state index in [-0.39, 0.29) is 0 Å². The summed E-state index contributed by atoms with van der Waals surface area (Å²) < 4.78 is 31.4. The van der Waals surface area contributed by atoms with Crippen molar-refractivity contribution in [3.05, 3.63) is 11.4 Å². The Hall–Kier alpha value is -1.08. The van der Waals surface area contributed by atoms with Gasteiger partial charge in [-0.3, -0.25) is 9.82 Å². The highest BCUT2D eigenvalue weighted by atomic mass is 32.2. The number of H-pyrrole nitrogens is 1. The Morgan fingerprint density at radius 3 is 2.59 bits per heavy atom. The van der Waals surface area contributed by atoms with Gasteiger partial charge in [0.15, 0.2) is 0 Å². The van der Waals surface area contributed by atoms with Gasteiger partial charge in [0.2, 0.25) is 10.0 Å². The van der Waals surface area contributed by atoms with Crippen molar-refractivity contribution in [1.29, 1.82) is 0 Å². The molecule has 0 aliphatic rings. The highest BCUT2D eigenvalue weighted by molar-refractivity contribution is 7.93. The first kappa shape index (κ1) is 14.0. The van der Waals surface area contributed by atoms with Crippen LogP contribution in [0.25, 0.3) is 0 Å². The first-order valence-electron chi connectivity index (χ1n) is 5.40. The van der Waals surface area contributed by atoms with Crippen molar-refractivity contribution in [3.63, 3.8) is 0 Å². The van der Waals surface area contributed by atoms with Crippen LogP contribution in [0, 0.1) is 13.8 Å². The Bertz CT molecular complexity index is 448. The number of anilines is 1. The molecule has 6 nitrogen and oxygen atoms in total. The number of methoxy groups -OCH3 is 1. The molecule has 0 aliphatic heterocycles. The molecule has 1 aromatic heterocycles. The minimum atomic E-state index is -3.39. The van der Waals surface area contributed by atoms with Crippen LogP contribution in [-0.2, 0) is 14.8 Å². The van der Waals surface area contributed by atoms with Gasteiger partial charge in [-0.25, -0.2) is 8.42 Å². The van der Waals surface area contributed by atoms with Crippen LogP contribution in [0.2, 0.25) is 0 Å². The van der Waals surface area contributed by atoms with Crippen LogP contribution in [0.3, 0.4) is 0 Å². The lowest BCUT2D eigenvalue weighted by Gasteiger charge is -2.14. The average Bonchev–Trinajstić information content (AvgIpc) is 2.57. The maximum Gasteiger partial charge on any atom is 0.235 e. The Kier molecular flexibility index (Phi) is 4.53. The highest BCUT2D eigenvalue weighted by Crippen LogP contribution is 2.19. The molecule has 2 N–H and O–H groups in total. The molecule has 0 unspecified atom stereocenters. The second kappa shape index (κ2) is 5.50. The largest absolute Gasteiger partial charge is 0.385 e. The molecule has 1 heterocycles. The number of rotatable bonds is 6. The third-order valence-corrected chi connectivity index (χ3v) is 4.41. The summed E-state index contributed by atoms with van der Waals surface area (Å²) in [6.07, 6.45) is 0.460. The predicted molar refractivity (Wildman–Crippen MR) is 66.6 cm³/mol. The summed E-state index contributed by atoms with van der Waals surface area (Å²) in [7, 11) is -1.84. The summed E-state index contributed by atoms with van der Waals surface area (Å²) in [5.74, 6) is 0. The summed E-state index contributed by atoms with van der Waals surface area (Å²) in [4.78, 5) is 0. The lowest BCUT2D eigenvalue weighted by molar-refractivity contribution is 0.194. The van der Waals surface area contributed by atoms with E-state index in [9.17, 15) is 8.42 Å². The lowest BCUT2D eigenvalue weighted by Crippen LogP contribution is -2.26. The van der Waals surface area contributed by atoms with Gasteiger partial charge in [0.05, 0.1) is 22.3 Å². The quantitative estimate of drug-likeness (QED) is 0.805. The monoisotopic (exact) mass is 261 g/mol. The number of aromatic amines is 1.